The van der Waals surface area contributed by atoms with Gasteiger partial charge in [0.1, 0.15) is 12.4 Å². The molecule has 5 N–H and O–H groups in total. The molecule has 1 fully saturated rings. The number of anilines is 2. The van der Waals surface area contributed by atoms with E-state index in [1.807, 2.05) is 31.3 Å². The maximum Gasteiger partial charge on any atom is 0.294 e. The first-order chi connectivity index (χ1) is 17.4. The van der Waals surface area contributed by atoms with Gasteiger partial charge in [0.2, 0.25) is 5.91 Å². The van der Waals surface area contributed by atoms with E-state index in [4.69, 9.17) is 17.3 Å². The predicted molar refractivity (Wildman–Crippen MR) is 144 cm³/mol. The van der Waals surface area contributed by atoms with Crippen LogP contribution in [-0.4, -0.2) is 41.4 Å². The maximum atomic E-state index is 13.4. The fourth-order valence-corrected chi connectivity index (χ4v) is 4.35. The molecular formula is C26H30ClN7O2. The highest BCUT2D eigenvalue weighted by Crippen LogP contribution is 2.29. The number of amides is 1. The molecule has 0 saturated heterocycles. The molecule has 4 rings (SSSR count). The standard InChI is InChI=1S/C26H30ClN7O2/c1-29-24(30-2)17-11-9-16(10-12-17)14-31-21(35)15-34-22(18-5-3-6-19(28)13-18)23(27)33-25(26(34)36)32-20-7-4-8-20/h3,5-6,9-13,20H,4,7-8,14-15,28H2,1-2H3,(H,29,30)(H,31,35)(H,32,33). The van der Waals surface area contributed by atoms with Crippen LogP contribution in [0, 0.1) is 0 Å². The molecule has 0 aliphatic heterocycles. The Balaban J connectivity index is 1.57. The molecule has 188 valence electrons. The van der Waals surface area contributed by atoms with Crippen molar-refractivity contribution in [1.82, 2.24) is 20.2 Å². The van der Waals surface area contributed by atoms with Crippen molar-refractivity contribution in [2.75, 3.05) is 25.1 Å². The first kappa shape index (κ1) is 25.2. The Kier molecular flexibility index (Phi) is 7.90. The summed E-state index contributed by atoms with van der Waals surface area (Å²) >= 11 is 6.56. The van der Waals surface area contributed by atoms with E-state index in [2.05, 4.69) is 25.9 Å². The van der Waals surface area contributed by atoms with Crippen molar-refractivity contribution in [2.24, 2.45) is 4.99 Å². The molecule has 0 radical (unpaired) electrons. The third-order valence-electron chi connectivity index (χ3n) is 6.21. The molecule has 0 spiro atoms. The lowest BCUT2D eigenvalue weighted by atomic mass is 9.93. The summed E-state index contributed by atoms with van der Waals surface area (Å²) < 4.78 is 1.36. The minimum absolute atomic E-state index is 0.128. The van der Waals surface area contributed by atoms with Gasteiger partial charge in [-0.05, 0) is 37.0 Å². The van der Waals surface area contributed by atoms with E-state index in [1.165, 1.54) is 4.57 Å². The van der Waals surface area contributed by atoms with Crippen LogP contribution < -0.4 is 27.2 Å². The van der Waals surface area contributed by atoms with Crippen LogP contribution in [0.1, 0.15) is 30.4 Å². The molecule has 1 amide bonds. The van der Waals surface area contributed by atoms with Crippen LogP contribution in [-0.2, 0) is 17.9 Å². The first-order valence-electron chi connectivity index (χ1n) is 11.8. The summed E-state index contributed by atoms with van der Waals surface area (Å²) in [5.74, 6) is 0.604. The van der Waals surface area contributed by atoms with Gasteiger partial charge >= 0.3 is 0 Å². The average molecular weight is 508 g/mol. The van der Waals surface area contributed by atoms with Crippen molar-refractivity contribution in [3.05, 3.63) is 75.2 Å². The van der Waals surface area contributed by atoms with E-state index >= 15 is 0 Å². The number of carbonyl (C=O) groups is 1. The van der Waals surface area contributed by atoms with Gasteiger partial charge < -0.3 is 21.7 Å². The first-order valence-corrected chi connectivity index (χ1v) is 12.2. The predicted octanol–water partition coefficient (Wildman–Crippen LogP) is 3.02. The molecule has 2 aromatic carbocycles. The molecule has 9 nitrogen and oxygen atoms in total. The number of hydrogen-bond acceptors (Lipinski definition) is 6. The molecule has 1 aliphatic carbocycles. The Bertz CT molecular complexity index is 1330. The second-order valence-electron chi connectivity index (χ2n) is 8.68. The minimum Gasteiger partial charge on any atom is -0.399 e. The zero-order chi connectivity index (χ0) is 25.7. The van der Waals surface area contributed by atoms with Crippen LogP contribution in [0.5, 0.6) is 0 Å². The lowest BCUT2D eigenvalue weighted by Gasteiger charge is -2.27. The summed E-state index contributed by atoms with van der Waals surface area (Å²) in [5, 5.41) is 9.23. The SMILES string of the molecule is CN=C(NC)c1ccc(CNC(=O)Cn2c(-c3cccc(N)c3)c(Cl)nc(NC3CCC3)c2=O)cc1. The van der Waals surface area contributed by atoms with Gasteiger partial charge in [-0.3, -0.25) is 19.1 Å². The molecule has 1 aliphatic rings. The van der Waals surface area contributed by atoms with Crippen LogP contribution in [0.4, 0.5) is 11.5 Å². The van der Waals surface area contributed by atoms with E-state index in [0.717, 1.165) is 36.2 Å². The quantitative estimate of drug-likeness (QED) is 0.211. The lowest BCUT2D eigenvalue weighted by Crippen LogP contribution is -2.37. The van der Waals surface area contributed by atoms with Crippen molar-refractivity contribution in [3.8, 4) is 11.3 Å². The van der Waals surface area contributed by atoms with Gasteiger partial charge in [-0.1, -0.05) is 48.0 Å². The number of halogens is 1. The van der Waals surface area contributed by atoms with Crippen LogP contribution in [0.15, 0.2) is 58.3 Å². The van der Waals surface area contributed by atoms with Crippen molar-refractivity contribution in [1.29, 1.82) is 0 Å². The van der Waals surface area contributed by atoms with Gasteiger partial charge in [0.05, 0.1) is 5.69 Å². The summed E-state index contributed by atoms with van der Waals surface area (Å²) in [6.07, 6.45) is 3.04. The monoisotopic (exact) mass is 507 g/mol. The molecule has 0 unspecified atom stereocenters. The summed E-state index contributed by atoms with van der Waals surface area (Å²) in [4.78, 5) is 34.9. The van der Waals surface area contributed by atoms with Crippen molar-refractivity contribution in [2.45, 2.75) is 38.4 Å². The molecular weight excluding hydrogens is 478 g/mol. The highest BCUT2D eigenvalue weighted by molar-refractivity contribution is 6.32. The van der Waals surface area contributed by atoms with Crippen molar-refractivity contribution >= 4 is 34.8 Å². The molecule has 0 bridgehead atoms. The lowest BCUT2D eigenvalue weighted by molar-refractivity contribution is -0.121. The van der Waals surface area contributed by atoms with Crippen molar-refractivity contribution < 1.29 is 4.79 Å². The number of aliphatic imine (C=N–C) groups is 1. The number of benzene rings is 2. The number of rotatable bonds is 8. The summed E-state index contributed by atoms with van der Waals surface area (Å²) in [6, 6.07) is 14.9. The number of hydrogen-bond donors (Lipinski definition) is 4. The Labute approximate surface area is 214 Å². The van der Waals surface area contributed by atoms with Crippen LogP contribution in [0.25, 0.3) is 11.3 Å². The summed E-state index contributed by atoms with van der Waals surface area (Å²) in [5.41, 5.74) is 8.91. The number of nitrogens with zero attached hydrogens (tertiary/aromatic N) is 3. The number of nitrogens with one attached hydrogen (secondary N) is 3. The molecule has 1 saturated carbocycles. The number of carbonyl (C=O) groups excluding carboxylic acids is 1. The topological polar surface area (TPSA) is 126 Å². The normalized spacial score (nSPS) is 13.7. The van der Waals surface area contributed by atoms with Crippen LogP contribution >= 0.6 is 11.6 Å². The highest BCUT2D eigenvalue weighted by Gasteiger charge is 2.23. The minimum atomic E-state index is -0.401. The second kappa shape index (κ2) is 11.3. The molecule has 0 atom stereocenters. The number of nitrogen functional groups attached to an aromatic ring is 1. The van der Waals surface area contributed by atoms with E-state index < -0.39 is 5.56 Å². The van der Waals surface area contributed by atoms with Gasteiger partial charge in [-0.15, -0.1) is 0 Å². The third kappa shape index (κ3) is 5.68. The fourth-order valence-electron chi connectivity index (χ4n) is 4.06. The van der Waals surface area contributed by atoms with E-state index in [1.54, 1.807) is 31.3 Å². The molecule has 36 heavy (non-hydrogen) atoms. The van der Waals surface area contributed by atoms with Crippen LogP contribution in [0.2, 0.25) is 5.15 Å². The van der Waals surface area contributed by atoms with Gasteiger partial charge in [-0.25, -0.2) is 4.98 Å². The van der Waals surface area contributed by atoms with E-state index in [9.17, 15) is 9.59 Å². The molecule has 1 aromatic heterocycles. The average Bonchev–Trinajstić information content (AvgIpc) is 2.84. The molecule has 1 heterocycles. The number of aromatic nitrogens is 2. The number of nitrogens with two attached hydrogens (primary N) is 1. The fraction of sp³-hybridized carbons (Fsp3) is 0.308. The van der Waals surface area contributed by atoms with E-state index in [-0.39, 0.29) is 29.5 Å². The Morgan fingerprint density at radius 2 is 1.97 bits per heavy atom. The zero-order valence-electron chi connectivity index (χ0n) is 20.3. The smallest absolute Gasteiger partial charge is 0.294 e. The van der Waals surface area contributed by atoms with Gasteiger partial charge in [-0.2, -0.15) is 0 Å². The van der Waals surface area contributed by atoms with Crippen molar-refractivity contribution in [3.63, 3.8) is 0 Å². The summed E-state index contributed by atoms with van der Waals surface area (Å²) in [6.45, 7) is 0.0979. The Morgan fingerprint density at radius 3 is 2.58 bits per heavy atom. The van der Waals surface area contributed by atoms with Gasteiger partial charge in [0.15, 0.2) is 11.0 Å². The summed E-state index contributed by atoms with van der Waals surface area (Å²) in [7, 11) is 3.54. The molecule has 10 heteroatoms. The Morgan fingerprint density at radius 1 is 1.22 bits per heavy atom. The van der Waals surface area contributed by atoms with E-state index in [0.29, 0.717) is 23.5 Å². The zero-order valence-corrected chi connectivity index (χ0v) is 21.1. The van der Waals surface area contributed by atoms with Crippen LogP contribution in [0.3, 0.4) is 0 Å². The maximum absolute atomic E-state index is 13.4. The van der Waals surface area contributed by atoms with Gasteiger partial charge in [0, 0.05) is 43.5 Å². The molecule has 3 aromatic rings. The van der Waals surface area contributed by atoms with Gasteiger partial charge in [0.25, 0.3) is 5.56 Å². The Hall–Kier alpha value is -3.85. The largest absolute Gasteiger partial charge is 0.399 e. The number of amidine groups is 1. The highest BCUT2D eigenvalue weighted by atomic mass is 35.5. The third-order valence-corrected chi connectivity index (χ3v) is 6.47. The second-order valence-corrected chi connectivity index (χ2v) is 9.04.